The summed E-state index contributed by atoms with van der Waals surface area (Å²) in [5, 5.41) is 2.81. The van der Waals surface area contributed by atoms with Gasteiger partial charge in [-0.2, -0.15) is 0 Å². The smallest absolute Gasteiger partial charge is 0.244 e. The summed E-state index contributed by atoms with van der Waals surface area (Å²) in [4.78, 5) is 11.2. The van der Waals surface area contributed by atoms with Crippen LogP contribution >= 0.6 is 0 Å². The third-order valence-electron chi connectivity index (χ3n) is 4.54. The fraction of sp³-hybridized carbons (Fsp3) is 0.800. The van der Waals surface area contributed by atoms with E-state index in [2.05, 4.69) is 5.32 Å². The second kappa shape index (κ2) is 5.51. The van der Waals surface area contributed by atoms with Crippen molar-refractivity contribution in [3.05, 3.63) is 11.6 Å². The number of carbonyl (C=O) groups is 1. The van der Waals surface area contributed by atoms with Gasteiger partial charge in [0, 0.05) is 12.6 Å². The van der Waals surface area contributed by atoms with Crippen molar-refractivity contribution in [2.24, 2.45) is 11.8 Å². The SMILES string of the molecule is CC(C)(C)S(=O)(=O)CC1CCC(C2=CC(=O)NC2)CC1. The average Bonchev–Trinajstić information content (AvgIpc) is 2.75. The number of hydrogen-bond acceptors (Lipinski definition) is 3. The third-order valence-corrected chi connectivity index (χ3v) is 7.32. The Bertz CT molecular complexity index is 506. The van der Waals surface area contributed by atoms with Crippen LogP contribution in [0.25, 0.3) is 0 Å². The minimum absolute atomic E-state index is 0.0115. The van der Waals surface area contributed by atoms with Crippen LogP contribution in [0.2, 0.25) is 0 Å². The lowest BCUT2D eigenvalue weighted by Crippen LogP contribution is -2.34. The van der Waals surface area contributed by atoms with Crippen LogP contribution in [0.4, 0.5) is 0 Å². The Kier molecular flexibility index (Phi) is 4.28. The highest BCUT2D eigenvalue weighted by molar-refractivity contribution is 7.92. The molecule has 0 unspecified atom stereocenters. The summed E-state index contributed by atoms with van der Waals surface area (Å²) >= 11 is 0. The molecule has 1 heterocycles. The molecule has 4 nitrogen and oxygen atoms in total. The third kappa shape index (κ3) is 3.43. The minimum Gasteiger partial charge on any atom is -0.349 e. The molecule has 0 spiro atoms. The standard InChI is InChI=1S/C15H25NO3S/c1-15(2,3)20(18,19)10-11-4-6-12(7-5-11)13-8-14(17)16-9-13/h8,11-12H,4-7,9-10H2,1-3H3,(H,16,17). The van der Waals surface area contributed by atoms with Crippen LogP contribution in [0.3, 0.4) is 0 Å². The van der Waals surface area contributed by atoms with E-state index in [1.807, 2.05) is 0 Å². The van der Waals surface area contributed by atoms with Crippen LogP contribution in [0.5, 0.6) is 0 Å². The number of nitrogens with one attached hydrogen (secondary N) is 1. The van der Waals surface area contributed by atoms with Crippen molar-refractivity contribution in [3.8, 4) is 0 Å². The molecular weight excluding hydrogens is 274 g/mol. The first kappa shape index (κ1) is 15.5. The zero-order valence-corrected chi connectivity index (χ0v) is 13.4. The first-order chi connectivity index (χ1) is 9.19. The first-order valence-corrected chi connectivity index (χ1v) is 9.05. The van der Waals surface area contributed by atoms with Gasteiger partial charge in [0.05, 0.1) is 10.5 Å². The monoisotopic (exact) mass is 299 g/mol. The highest BCUT2D eigenvalue weighted by Crippen LogP contribution is 2.35. The fourth-order valence-corrected chi connectivity index (χ4v) is 4.44. The van der Waals surface area contributed by atoms with Crippen LogP contribution in [-0.2, 0) is 14.6 Å². The van der Waals surface area contributed by atoms with Gasteiger partial charge in [0.2, 0.25) is 5.91 Å². The zero-order chi connectivity index (χ0) is 15.0. The lowest BCUT2D eigenvalue weighted by atomic mass is 9.79. The van der Waals surface area contributed by atoms with Crippen LogP contribution in [-0.4, -0.2) is 31.4 Å². The lowest BCUT2D eigenvalue weighted by molar-refractivity contribution is -0.115. The molecule has 2 aliphatic rings. The molecule has 0 aromatic carbocycles. The predicted molar refractivity (Wildman–Crippen MR) is 80.1 cm³/mol. The molecule has 0 bridgehead atoms. The molecule has 1 fully saturated rings. The van der Waals surface area contributed by atoms with Crippen molar-refractivity contribution < 1.29 is 13.2 Å². The maximum atomic E-state index is 12.2. The molecule has 114 valence electrons. The van der Waals surface area contributed by atoms with Gasteiger partial charge in [0.1, 0.15) is 0 Å². The summed E-state index contributed by atoms with van der Waals surface area (Å²) in [6.07, 6.45) is 5.63. The van der Waals surface area contributed by atoms with Gasteiger partial charge in [0.15, 0.2) is 9.84 Å². The normalized spacial score (nSPS) is 28.1. The molecule has 1 amide bonds. The second-order valence-corrected chi connectivity index (χ2v) is 9.84. The zero-order valence-electron chi connectivity index (χ0n) is 12.6. The number of carbonyl (C=O) groups excluding carboxylic acids is 1. The summed E-state index contributed by atoms with van der Waals surface area (Å²) in [5.41, 5.74) is 1.20. The molecule has 0 atom stereocenters. The Balaban J connectivity index is 1.89. The van der Waals surface area contributed by atoms with Crippen molar-refractivity contribution in [1.82, 2.24) is 5.32 Å². The highest BCUT2D eigenvalue weighted by Gasteiger charge is 2.34. The topological polar surface area (TPSA) is 63.2 Å². The molecule has 2 rings (SSSR count). The first-order valence-electron chi connectivity index (χ1n) is 7.39. The molecule has 0 saturated heterocycles. The van der Waals surface area contributed by atoms with Crippen molar-refractivity contribution in [2.45, 2.75) is 51.2 Å². The molecule has 1 N–H and O–H groups in total. The molecule has 0 aromatic heterocycles. The maximum Gasteiger partial charge on any atom is 0.244 e. The molecule has 1 saturated carbocycles. The van der Waals surface area contributed by atoms with Crippen molar-refractivity contribution >= 4 is 15.7 Å². The van der Waals surface area contributed by atoms with E-state index in [0.717, 1.165) is 25.7 Å². The number of sulfone groups is 1. The van der Waals surface area contributed by atoms with Gasteiger partial charge in [-0.1, -0.05) is 0 Å². The number of hydrogen-bond donors (Lipinski definition) is 1. The van der Waals surface area contributed by atoms with E-state index in [0.29, 0.717) is 18.2 Å². The average molecular weight is 299 g/mol. The summed E-state index contributed by atoms with van der Waals surface area (Å²) in [6.45, 7) is 5.99. The van der Waals surface area contributed by atoms with E-state index in [9.17, 15) is 13.2 Å². The molecular formula is C15H25NO3S. The van der Waals surface area contributed by atoms with Gasteiger partial charge in [-0.05, 0) is 63.9 Å². The van der Waals surface area contributed by atoms with E-state index in [1.165, 1.54) is 5.57 Å². The molecule has 0 radical (unpaired) electrons. The van der Waals surface area contributed by atoms with E-state index in [4.69, 9.17) is 0 Å². The van der Waals surface area contributed by atoms with Crippen LogP contribution in [0, 0.1) is 11.8 Å². The van der Waals surface area contributed by atoms with Gasteiger partial charge < -0.3 is 5.32 Å². The maximum absolute atomic E-state index is 12.2. The highest BCUT2D eigenvalue weighted by atomic mass is 32.2. The molecule has 5 heteroatoms. The summed E-state index contributed by atoms with van der Waals surface area (Å²) < 4.78 is 23.8. The van der Waals surface area contributed by atoms with Gasteiger partial charge in [-0.25, -0.2) is 8.42 Å². The Morgan fingerprint density at radius 1 is 1.20 bits per heavy atom. The van der Waals surface area contributed by atoms with Gasteiger partial charge in [-0.3, -0.25) is 4.79 Å². The van der Waals surface area contributed by atoms with Crippen molar-refractivity contribution in [2.75, 3.05) is 12.3 Å². The van der Waals surface area contributed by atoms with Gasteiger partial charge in [-0.15, -0.1) is 0 Å². The van der Waals surface area contributed by atoms with Crippen LogP contribution in [0.15, 0.2) is 11.6 Å². The number of rotatable bonds is 3. The Morgan fingerprint density at radius 3 is 2.25 bits per heavy atom. The summed E-state index contributed by atoms with van der Waals surface area (Å²) in [5.74, 6) is 1.06. The summed E-state index contributed by atoms with van der Waals surface area (Å²) in [7, 11) is -3.02. The fourth-order valence-electron chi connectivity index (χ4n) is 2.98. The Hall–Kier alpha value is -0.840. The Labute approximate surface area is 121 Å². The van der Waals surface area contributed by atoms with Crippen LogP contribution < -0.4 is 5.32 Å². The molecule has 0 aromatic rings. The van der Waals surface area contributed by atoms with Crippen LogP contribution in [0.1, 0.15) is 46.5 Å². The van der Waals surface area contributed by atoms with E-state index in [-0.39, 0.29) is 11.8 Å². The van der Waals surface area contributed by atoms with Crippen molar-refractivity contribution in [3.63, 3.8) is 0 Å². The summed E-state index contributed by atoms with van der Waals surface area (Å²) in [6, 6.07) is 0. The largest absolute Gasteiger partial charge is 0.349 e. The number of amides is 1. The lowest BCUT2D eigenvalue weighted by Gasteiger charge is -2.31. The predicted octanol–water partition coefficient (Wildman–Crippen LogP) is 2.06. The quantitative estimate of drug-likeness (QED) is 0.867. The van der Waals surface area contributed by atoms with E-state index >= 15 is 0 Å². The molecule has 1 aliphatic heterocycles. The van der Waals surface area contributed by atoms with Crippen molar-refractivity contribution in [1.29, 1.82) is 0 Å². The Morgan fingerprint density at radius 2 is 1.80 bits per heavy atom. The molecule has 20 heavy (non-hydrogen) atoms. The minimum atomic E-state index is -3.02. The van der Waals surface area contributed by atoms with Gasteiger partial charge in [0.25, 0.3) is 0 Å². The van der Waals surface area contributed by atoms with Gasteiger partial charge >= 0.3 is 0 Å². The van der Waals surface area contributed by atoms with E-state index in [1.54, 1.807) is 26.8 Å². The molecule has 1 aliphatic carbocycles. The second-order valence-electron chi connectivity index (χ2n) is 7.05. The van der Waals surface area contributed by atoms with E-state index < -0.39 is 14.6 Å².